The van der Waals surface area contributed by atoms with E-state index in [1.165, 1.54) is 12.5 Å². The number of fused-ring (bicyclic) bond motifs is 1. The Morgan fingerprint density at radius 1 is 0.973 bits per heavy atom. The number of benzene rings is 2. The van der Waals surface area contributed by atoms with Crippen molar-refractivity contribution in [2.75, 3.05) is 0 Å². The Bertz CT molecular complexity index is 1150. The van der Waals surface area contributed by atoms with Gasteiger partial charge >= 0.3 is 5.97 Å². The number of hydrogen-bond acceptors (Lipinski definition) is 5. The minimum absolute atomic E-state index is 0.152. The Kier molecular flexibility index (Phi) is 6.48. The molecule has 6 atom stereocenters. The van der Waals surface area contributed by atoms with Gasteiger partial charge in [0.05, 0.1) is 0 Å². The summed E-state index contributed by atoms with van der Waals surface area (Å²) in [5, 5.41) is 0. The van der Waals surface area contributed by atoms with E-state index in [-0.39, 0.29) is 23.3 Å². The van der Waals surface area contributed by atoms with Crippen molar-refractivity contribution in [3.8, 4) is 0 Å². The predicted octanol–water partition coefficient (Wildman–Crippen LogP) is 5.55. The van der Waals surface area contributed by atoms with Crippen molar-refractivity contribution in [2.24, 2.45) is 11.8 Å². The molecular formula is C31H39NO5. The van der Waals surface area contributed by atoms with E-state index in [9.17, 15) is 9.59 Å². The van der Waals surface area contributed by atoms with Crippen molar-refractivity contribution in [1.29, 1.82) is 0 Å². The molecule has 2 aliphatic heterocycles. The smallest absolute Gasteiger partial charge is 0.345 e. The van der Waals surface area contributed by atoms with Crippen molar-refractivity contribution < 1.29 is 23.8 Å². The summed E-state index contributed by atoms with van der Waals surface area (Å²) in [5.41, 5.74) is -0.597. The Morgan fingerprint density at radius 2 is 1.59 bits per heavy atom. The third-order valence-electron chi connectivity index (χ3n) is 8.84. The highest BCUT2D eigenvalue weighted by molar-refractivity contribution is 5.86. The van der Waals surface area contributed by atoms with Gasteiger partial charge in [-0.3, -0.25) is 4.79 Å². The molecule has 3 aliphatic rings. The third-order valence-corrected chi connectivity index (χ3v) is 8.84. The highest BCUT2D eigenvalue weighted by Gasteiger charge is 2.73. The molecule has 0 radical (unpaired) electrons. The summed E-state index contributed by atoms with van der Waals surface area (Å²) in [6, 6.07) is 19.3. The van der Waals surface area contributed by atoms with Crippen molar-refractivity contribution in [2.45, 2.75) is 96.0 Å². The summed E-state index contributed by atoms with van der Waals surface area (Å²) in [4.78, 5) is 28.8. The maximum atomic E-state index is 14.3. The quantitative estimate of drug-likeness (QED) is 0.499. The molecule has 0 spiro atoms. The first-order chi connectivity index (χ1) is 17.5. The van der Waals surface area contributed by atoms with Crippen LogP contribution in [0.15, 0.2) is 60.7 Å². The number of rotatable bonds is 5. The lowest BCUT2D eigenvalue weighted by Crippen LogP contribution is -2.70. The minimum Gasteiger partial charge on any atom is -0.460 e. The largest absolute Gasteiger partial charge is 0.460 e. The van der Waals surface area contributed by atoms with Gasteiger partial charge in [0.1, 0.15) is 17.9 Å². The van der Waals surface area contributed by atoms with E-state index in [1.54, 1.807) is 4.90 Å². The second kappa shape index (κ2) is 9.25. The van der Waals surface area contributed by atoms with Crippen molar-refractivity contribution in [3.05, 3.63) is 71.8 Å². The van der Waals surface area contributed by atoms with Gasteiger partial charge in [0.15, 0.2) is 6.29 Å². The normalized spacial score (nSPS) is 32.8. The Morgan fingerprint density at radius 3 is 2.22 bits per heavy atom. The van der Waals surface area contributed by atoms with Gasteiger partial charge in [0.25, 0.3) is 0 Å². The summed E-state index contributed by atoms with van der Waals surface area (Å²) < 4.78 is 18.9. The number of ether oxygens (including phenoxy) is 3. The summed E-state index contributed by atoms with van der Waals surface area (Å²) in [7, 11) is 0. The zero-order valence-corrected chi connectivity index (χ0v) is 22.8. The van der Waals surface area contributed by atoms with Crippen molar-refractivity contribution in [1.82, 2.24) is 4.90 Å². The average molecular weight is 506 g/mol. The highest BCUT2D eigenvalue weighted by atomic mass is 16.8. The van der Waals surface area contributed by atoms with E-state index in [1.807, 2.05) is 50.2 Å². The van der Waals surface area contributed by atoms with Gasteiger partial charge in [-0.2, -0.15) is 0 Å². The van der Waals surface area contributed by atoms with Crippen LogP contribution < -0.4 is 0 Å². The number of nitrogens with zero attached hydrogens (tertiary/aromatic N) is 1. The SMILES string of the molecule is CC(=O)N1[C@@H]2[C@H](OC1(C)C)O[C@]2(C(=O)O[C@@H]1C[C@H](C)CC[C@H]1C(C)(C)c1ccccc1)c1ccccc1. The Balaban J connectivity index is 1.51. The summed E-state index contributed by atoms with van der Waals surface area (Å²) in [6.45, 7) is 11.9. The predicted molar refractivity (Wildman–Crippen MR) is 140 cm³/mol. The van der Waals surface area contributed by atoms with E-state index in [0.717, 1.165) is 19.3 Å². The molecule has 6 heteroatoms. The van der Waals surface area contributed by atoms with Crippen LogP contribution in [0.2, 0.25) is 0 Å². The number of hydrogen-bond donors (Lipinski definition) is 0. The number of carbonyl (C=O) groups excluding carboxylic acids is 2. The monoisotopic (exact) mass is 505 g/mol. The fourth-order valence-electron chi connectivity index (χ4n) is 6.88. The maximum absolute atomic E-state index is 14.3. The molecule has 2 heterocycles. The van der Waals surface area contributed by atoms with Crippen LogP contribution in [0, 0.1) is 11.8 Å². The molecule has 0 bridgehead atoms. The molecule has 2 saturated heterocycles. The molecule has 1 aliphatic carbocycles. The molecule has 6 nitrogen and oxygen atoms in total. The molecule has 1 saturated carbocycles. The molecule has 0 aromatic heterocycles. The van der Waals surface area contributed by atoms with E-state index in [2.05, 4.69) is 45.0 Å². The van der Waals surface area contributed by atoms with Crippen molar-refractivity contribution >= 4 is 11.9 Å². The van der Waals surface area contributed by atoms with Crippen LogP contribution in [0.4, 0.5) is 0 Å². The molecule has 0 unspecified atom stereocenters. The molecule has 1 amide bonds. The van der Waals surface area contributed by atoms with Crippen LogP contribution in [0.25, 0.3) is 0 Å². The molecule has 37 heavy (non-hydrogen) atoms. The van der Waals surface area contributed by atoms with Gasteiger partial charge in [-0.25, -0.2) is 4.79 Å². The van der Waals surface area contributed by atoms with Crippen LogP contribution in [-0.2, 0) is 34.8 Å². The van der Waals surface area contributed by atoms with E-state index < -0.39 is 29.6 Å². The summed E-state index contributed by atoms with van der Waals surface area (Å²) in [5.74, 6) is -0.00603. The molecule has 198 valence electrons. The van der Waals surface area contributed by atoms with Crippen LogP contribution in [0.5, 0.6) is 0 Å². The van der Waals surface area contributed by atoms with E-state index in [4.69, 9.17) is 14.2 Å². The standard InChI is InChI=1S/C31H39NO5/c1-20-17-18-24(29(3,4)22-13-9-7-10-14-22)25(19-20)35-28(34)31(23-15-11-8-12-16-23)26-27(37-31)36-30(5,6)32(26)21(2)33/h7-16,20,24-27H,17-19H2,1-6H3/t20-,24-,25-,26-,27-,31-/m1/s1. The van der Waals surface area contributed by atoms with Gasteiger partial charge in [0.2, 0.25) is 11.5 Å². The number of carbonyl (C=O) groups is 2. The Hall–Kier alpha value is -2.70. The van der Waals surface area contributed by atoms with Crippen LogP contribution in [0.1, 0.15) is 71.9 Å². The Labute approximate surface area is 220 Å². The van der Waals surface area contributed by atoms with E-state index in [0.29, 0.717) is 11.5 Å². The zero-order chi connectivity index (χ0) is 26.6. The lowest BCUT2D eigenvalue weighted by molar-refractivity contribution is -0.312. The first-order valence-corrected chi connectivity index (χ1v) is 13.5. The van der Waals surface area contributed by atoms with Gasteiger partial charge in [-0.1, -0.05) is 87.9 Å². The lowest BCUT2D eigenvalue weighted by Gasteiger charge is -2.52. The van der Waals surface area contributed by atoms with Gasteiger partial charge in [-0.05, 0) is 49.1 Å². The second-order valence-electron chi connectivity index (χ2n) is 12.0. The first-order valence-electron chi connectivity index (χ1n) is 13.5. The summed E-state index contributed by atoms with van der Waals surface area (Å²) in [6.07, 6.45) is 1.91. The average Bonchev–Trinajstić information content (AvgIpc) is 3.07. The molecule has 2 aromatic rings. The molecular weight excluding hydrogens is 466 g/mol. The summed E-state index contributed by atoms with van der Waals surface area (Å²) >= 11 is 0. The number of amides is 1. The molecule has 5 rings (SSSR count). The van der Waals surface area contributed by atoms with Crippen molar-refractivity contribution in [3.63, 3.8) is 0 Å². The molecule has 2 aromatic carbocycles. The second-order valence-corrected chi connectivity index (χ2v) is 12.0. The van der Waals surface area contributed by atoms with Gasteiger partial charge < -0.3 is 19.1 Å². The maximum Gasteiger partial charge on any atom is 0.345 e. The third kappa shape index (κ3) is 4.18. The lowest BCUT2D eigenvalue weighted by atomic mass is 9.64. The fraction of sp³-hybridized carbons (Fsp3) is 0.548. The minimum atomic E-state index is -1.44. The van der Waals surface area contributed by atoms with Gasteiger partial charge in [0, 0.05) is 12.8 Å². The first kappa shape index (κ1) is 25.9. The highest BCUT2D eigenvalue weighted by Crippen LogP contribution is 2.54. The topological polar surface area (TPSA) is 65.1 Å². The molecule has 3 fully saturated rings. The number of esters is 1. The fourth-order valence-corrected chi connectivity index (χ4v) is 6.88. The van der Waals surface area contributed by atoms with Crippen LogP contribution in [-0.4, -0.2) is 40.9 Å². The molecule has 0 N–H and O–H groups in total. The van der Waals surface area contributed by atoms with Gasteiger partial charge in [-0.15, -0.1) is 0 Å². The van der Waals surface area contributed by atoms with Crippen LogP contribution >= 0.6 is 0 Å². The van der Waals surface area contributed by atoms with Crippen LogP contribution in [0.3, 0.4) is 0 Å². The van der Waals surface area contributed by atoms with E-state index >= 15 is 0 Å². The zero-order valence-electron chi connectivity index (χ0n) is 22.8.